The summed E-state index contributed by atoms with van der Waals surface area (Å²) < 4.78 is 1.10. The molecule has 1 heterocycles. The summed E-state index contributed by atoms with van der Waals surface area (Å²) in [5, 5.41) is 5.31. The number of pyridine rings is 1. The van der Waals surface area contributed by atoms with Crippen molar-refractivity contribution in [1.29, 1.82) is 0 Å². The third-order valence-electron chi connectivity index (χ3n) is 3.09. The fourth-order valence-electron chi connectivity index (χ4n) is 2.15. The molecule has 4 heteroatoms. The van der Waals surface area contributed by atoms with Crippen molar-refractivity contribution in [2.24, 2.45) is 0 Å². The van der Waals surface area contributed by atoms with Crippen LogP contribution in [0.15, 0.2) is 27.8 Å². The molecular formula is C13H19BrN2S. The Balaban J connectivity index is 1.76. The fraction of sp³-hybridized carbons (Fsp3) is 0.615. The molecule has 1 aromatic rings. The van der Waals surface area contributed by atoms with E-state index in [-0.39, 0.29) is 0 Å². The largest absolute Gasteiger partial charge is 0.313 e. The number of nitrogens with one attached hydrogen (secondary N) is 1. The minimum Gasteiger partial charge on any atom is -0.313 e. The molecule has 1 fully saturated rings. The first-order valence-corrected chi connectivity index (χ1v) is 7.93. The predicted octanol–water partition coefficient (Wildman–Crippen LogP) is 3.86. The molecule has 0 aliphatic heterocycles. The molecule has 0 bridgehead atoms. The van der Waals surface area contributed by atoms with Crippen LogP contribution in [0.25, 0.3) is 0 Å². The van der Waals surface area contributed by atoms with E-state index >= 15 is 0 Å². The topological polar surface area (TPSA) is 24.9 Å². The van der Waals surface area contributed by atoms with Crippen LogP contribution in [0.5, 0.6) is 0 Å². The Hall–Kier alpha value is -0.0600. The molecule has 0 aromatic carbocycles. The predicted molar refractivity (Wildman–Crippen MR) is 77.5 cm³/mol. The van der Waals surface area contributed by atoms with Gasteiger partial charge in [0.1, 0.15) is 5.03 Å². The summed E-state index contributed by atoms with van der Waals surface area (Å²) in [6, 6.07) is 4.76. The maximum absolute atomic E-state index is 4.39. The van der Waals surface area contributed by atoms with Gasteiger partial charge in [0.25, 0.3) is 0 Å². The average molecular weight is 315 g/mol. The Morgan fingerprint density at radius 3 is 3.00 bits per heavy atom. The number of hydrogen-bond donors (Lipinski definition) is 1. The number of aromatic nitrogens is 1. The van der Waals surface area contributed by atoms with Crippen LogP contribution in [-0.4, -0.2) is 22.8 Å². The van der Waals surface area contributed by atoms with Crippen molar-refractivity contribution in [1.82, 2.24) is 10.3 Å². The molecule has 1 unspecified atom stereocenters. The van der Waals surface area contributed by atoms with Crippen molar-refractivity contribution >= 4 is 27.7 Å². The highest BCUT2D eigenvalue weighted by molar-refractivity contribution is 9.10. The summed E-state index contributed by atoms with van der Waals surface area (Å²) in [5.41, 5.74) is 0. The molecule has 2 rings (SSSR count). The van der Waals surface area contributed by atoms with Crippen LogP contribution < -0.4 is 5.32 Å². The lowest BCUT2D eigenvalue weighted by atomic mass is 10.2. The molecule has 1 saturated carbocycles. The summed E-state index contributed by atoms with van der Waals surface area (Å²) in [6.07, 6.45) is 7.34. The maximum atomic E-state index is 4.39. The van der Waals surface area contributed by atoms with Crippen LogP contribution in [0.3, 0.4) is 0 Å². The molecule has 1 aromatic heterocycles. The zero-order valence-corrected chi connectivity index (χ0v) is 12.6. The van der Waals surface area contributed by atoms with Gasteiger partial charge in [0.15, 0.2) is 0 Å². The normalized spacial score (nSPS) is 18.5. The zero-order valence-electron chi connectivity index (χ0n) is 10.2. The summed E-state index contributed by atoms with van der Waals surface area (Å²) in [6.45, 7) is 3.33. The second-order valence-corrected chi connectivity index (χ2v) is 6.89. The van der Waals surface area contributed by atoms with E-state index in [4.69, 9.17) is 0 Å². The third kappa shape index (κ3) is 4.27. The summed E-state index contributed by atoms with van der Waals surface area (Å²) in [7, 11) is 0. The van der Waals surface area contributed by atoms with Gasteiger partial charge in [0, 0.05) is 28.5 Å². The SMILES string of the molecule is CC(CNC1CCCC1)Sc1ncccc1Br. The Morgan fingerprint density at radius 1 is 1.53 bits per heavy atom. The first-order valence-electron chi connectivity index (χ1n) is 6.26. The van der Waals surface area contributed by atoms with Gasteiger partial charge in [0.2, 0.25) is 0 Å². The Kier molecular flexibility index (Phi) is 5.32. The monoisotopic (exact) mass is 314 g/mol. The summed E-state index contributed by atoms with van der Waals surface area (Å²) >= 11 is 5.37. The van der Waals surface area contributed by atoms with Gasteiger partial charge in [-0.1, -0.05) is 19.8 Å². The number of hydrogen-bond acceptors (Lipinski definition) is 3. The average Bonchev–Trinajstić information content (AvgIpc) is 2.82. The molecule has 1 aliphatic rings. The third-order valence-corrected chi connectivity index (χ3v) is 5.11. The van der Waals surface area contributed by atoms with Gasteiger partial charge in [-0.2, -0.15) is 0 Å². The number of thioether (sulfide) groups is 1. The first-order chi connectivity index (χ1) is 8.25. The smallest absolute Gasteiger partial charge is 0.110 e. The second-order valence-electron chi connectivity index (χ2n) is 4.61. The minimum atomic E-state index is 0.557. The van der Waals surface area contributed by atoms with Gasteiger partial charge in [-0.3, -0.25) is 0 Å². The van der Waals surface area contributed by atoms with E-state index in [1.54, 1.807) is 0 Å². The van der Waals surface area contributed by atoms with Gasteiger partial charge in [-0.15, -0.1) is 11.8 Å². The number of rotatable bonds is 5. The van der Waals surface area contributed by atoms with Gasteiger partial charge >= 0.3 is 0 Å². The van der Waals surface area contributed by atoms with Crippen LogP contribution >= 0.6 is 27.7 Å². The van der Waals surface area contributed by atoms with Crippen molar-refractivity contribution in [2.75, 3.05) is 6.54 Å². The van der Waals surface area contributed by atoms with E-state index in [0.29, 0.717) is 5.25 Å². The van der Waals surface area contributed by atoms with Crippen molar-refractivity contribution in [3.63, 3.8) is 0 Å². The maximum Gasteiger partial charge on any atom is 0.110 e. The van der Waals surface area contributed by atoms with Crippen LogP contribution in [-0.2, 0) is 0 Å². The van der Waals surface area contributed by atoms with E-state index in [1.807, 2.05) is 30.1 Å². The van der Waals surface area contributed by atoms with Gasteiger partial charge in [-0.25, -0.2) is 4.98 Å². The van der Waals surface area contributed by atoms with E-state index < -0.39 is 0 Å². The Morgan fingerprint density at radius 2 is 2.29 bits per heavy atom. The van der Waals surface area contributed by atoms with Crippen LogP contribution in [0.2, 0.25) is 0 Å². The van der Waals surface area contributed by atoms with Crippen molar-refractivity contribution in [3.8, 4) is 0 Å². The first kappa shape index (κ1) is 13.4. The highest BCUT2D eigenvalue weighted by Crippen LogP contribution is 2.28. The van der Waals surface area contributed by atoms with Gasteiger partial charge in [0.05, 0.1) is 0 Å². The van der Waals surface area contributed by atoms with Crippen LogP contribution in [0.1, 0.15) is 32.6 Å². The molecule has 0 amide bonds. The second kappa shape index (κ2) is 6.76. The standard InChI is InChI=1S/C13H19BrN2S/c1-10(9-16-11-5-2-3-6-11)17-13-12(14)7-4-8-15-13/h4,7-8,10-11,16H,2-3,5-6,9H2,1H3. The van der Waals surface area contributed by atoms with E-state index in [9.17, 15) is 0 Å². The van der Waals surface area contributed by atoms with Gasteiger partial charge in [-0.05, 0) is 40.9 Å². The minimum absolute atomic E-state index is 0.557. The van der Waals surface area contributed by atoms with E-state index in [0.717, 1.165) is 22.1 Å². The van der Waals surface area contributed by atoms with Crippen LogP contribution in [0.4, 0.5) is 0 Å². The molecular weight excluding hydrogens is 296 g/mol. The Labute approximate surface area is 116 Å². The molecule has 1 aliphatic carbocycles. The number of nitrogens with zero attached hydrogens (tertiary/aromatic N) is 1. The van der Waals surface area contributed by atoms with Crippen molar-refractivity contribution in [2.45, 2.75) is 48.9 Å². The van der Waals surface area contributed by atoms with Gasteiger partial charge < -0.3 is 5.32 Å². The van der Waals surface area contributed by atoms with Crippen molar-refractivity contribution in [3.05, 3.63) is 22.8 Å². The molecule has 94 valence electrons. The molecule has 1 atom stereocenters. The lowest BCUT2D eigenvalue weighted by Crippen LogP contribution is -2.31. The quantitative estimate of drug-likeness (QED) is 0.835. The highest BCUT2D eigenvalue weighted by atomic mass is 79.9. The van der Waals surface area contributed by atoms with Crippen molar-refractivity contribution < 1.29 is 0 Å². The van der Waals surface area contributed by atoms with Crippen LogP contribution in [0, 0.1) is 0 Å². The lowest BCUT2D eigenvalue weighted by Gasteiger charge is -2.16. The molecule has 2 nitrogen and oxygen atoms in total. The molecule has 1 N–H and O–H groups in total. The molecule has 0 radical (unpaired) electrons. The van der Waals surface area contributed by atoms with E-state index in [1.165, 1.54) is 25.7 Å². The summed E-state index contributed by atoms with van der Waals surface area (Å²) in [4.78, 5) is 4.39. The highest BCUT2D eigenvalue weighted by Gasteiger charge is 2.15. The Bertz CT molecular complexity index is 353. The lowest BCUT2D eigenvalue weighted by molar-refractivity contribution is 0.527. The molecule has 17 heavy (non-hydrogen) atoms. The molecule has 0 spiro atoms. The summed E-state index contributed by atoms with van der Waals surface area (Å²) in [5.74, 6) is 0. The molecule has 0 saturated heterocycles. The fourth-order valence-corrected chi connectivity index (χ4v) is 3.55. The zero-order chi connectivity index (χ0) is 12.1. The number of halogens is 1. The van der Waals surface area contributed by atoms with E-state index in [2.05, 4.69) is 33.2 Å².